The van der Waals surface area contributed by atoms with E-state index < -0.39 is 11.7 Å². The molecule has 39 heavy (non-hydrogen) atoms. The Hall–Kier alpha value is -4.08. The smallest absolute Gasteiger partial charge is 0.405 e. The van der Waals surface area contributed by atoms with Crippen molar-refractivity contribution in [3.8, 4) is 17.1 Å². The highest BCUT2D eigenvalue weighted by atomic mass is 16.6. The highest BCUT2D eigenvalue weighted by Crippen LogP contribution is 2.35. The summed E-state index contributed by atoms with van der Waals surface area (Å²) < 4.78 is 15.0. The second-order valence-corrected chi connectivity index (χ2v) is 10.9. The van der Waals surface area contributed by atoms with Crippen LogP contribution in [0.1, 0.15) is 56.1 Å². The number of carbonyl (C=O) groups is 2. The van der Waals surface area contributed by atoms with Crippen molar-refractivity contribution in [1.82, 2.24) is 24.1 Å². The van der Waals surface area contributed by atoms with Gasteiger partial charge in [-0.1, -0.05) is 6.92 Å². The molecule has 206 valence electrons. The number of carbonyl (C=O) groups excluding carboxylic acids is 2. The fourth-order valence-corrected chi connectivity index (χ4v) is 6.04. The molecule has 2 N–H and O–H groups in total. The highest BCUT2D eigenvalue weighted by molar-refractivity contribution is 6.00. The number of imidazole rings is 1. The Morgan fingerprint density at radius 2 is 2.03 bits per heavy atom. The first-order valence-electron chi connectivity index (χ1n) is 13.4. The third kappa shape index (κ3) is 5.03. The van der Waals surface area contributed by atoms with Gasteiger partial charge in [-0.15, -0.1) is 0 Å². The van der Waals surface area contributed by atoms with E-state index in [9.17, 15) is 9.59 Å². The molecule has 1 fully saturated rings. The number of hydrogen-bond acceptors (Lipinski definition) is 6. The van der Waals surface area contributed by atoms with Crippen LogP contribution in [-0.4, -0.2) is 61.9 Å². The van der Waals surface area contributed by atoms with Crippen LogP contribution in [0.2, 0.25) is 0 Å². The van der Waals surface area contributed by atoms with Crippen molar-refractivity contribution in [1.29, 1.82) is 0 Å². The molecule has 0 aliphatic carbocycles. The van der Waals surface area contributed by atoms with Gasteiger partial charge in [0.25, 0.3) is 5.91 Å². The minimum atomic E-state index is -0.783. The maximum absolute atomic E-state index is 13.7. The lowest BCUT2D eigenvalue weighted by Crippen LogP contribution is -2.43. The van der Waals surface area contributed by atoms with Crippen LogP contribution in [0.25, 0.3) is 27.9 Å². The molecule has 0 radical (unpaired) electrons. The van der Waals surface area contributed by atoms with Crippen LogP contribution in [0.15, 0.2) is 36.5 Å². The fourth-order valence-electron chi connectivity index (χ4n) is 6.04. The number of piperidine rings is 1. The number of fused-ring (bicyclic) bond motifs is 2. The molecule has 10 nitrogen and oxygen atoms in total. The molecule has 5 rings (SSSR count). The van der Waals surface area contributed by atoms with Gasteiger partial charge in [-0.05, 0) is 75.8 Å². The van der Waals surface area contributed by atoms with E-state index in [1.807, 2.05) is 53.1 Å². The monoisotopic (exact) mass is 532 g/mol. The Kier molecular flexibility index (Phi) is 6.96. The van der Waals surface area contributed by atoms with Crippen molar-refractivity contribution in [3.05, 3.63) is 47.8 Å². The number of aryl methyl sites for hydroxylation is 2. The van der Waals surface area contributed by atoms with Gasteiger partial charge in [-0.3, -0.25) is 4.79 Å². The van der Waals surface area contributed by atoms with Crippen LogP contribution < -0.4 is 10.5 Å². The zero-order valence-corrected chi connectivity index (χ0v) is 23.2. The summed E-state index contributed by atoms with van der Waals surface area (Å²) in [5.74, 6) is 1.54. The zero-order valence-electron chi connectivity index (χ0n) is 23.2. The Bertz CT molecular complexity index is 1550. The Morgan fingerprint density at radius 3 is 2.74 bits per heavy atom. The molecule has 4 heterocycles. The van der Waals surface area contributed by atoms with Crippen LogP contribution >= 0.6 is 0 Å². The van der Waals surface area contributed by atoms with Gasteiger partial charge >= 0.3 is 6.09 Å². The van der Waals surface area contributed by atoms with Gasteiger partial charge in [0.05, 0.1) is 23.8 Å². The summed E-state index contributed by atoms with van der Waals surface area (Å²) in [7, 11) is 3.58. The average molecular weight is 533 g/mol. The third-order valence-electron chi connectivity index (χ3n) is 7.58. The standard InChI is InChI=1S/C29H36N6O4/c1-6-23-21(15-20-10-7-11-31-35(20)23)26-32-22-13-19(14-24(38-5)25(22)33(26)4)27(36)34-12-8-9-18(17-34)16-29(2,3)39-28(30)37/h7,10-11,13-15,18H,6,8-9,12,16-17H2,1-5H3,(H2,30,37)/t18-/m1/s1. The summed E-state index contributed by atoms with van der Waals surface area (Å²) in [6.07, 6.45) is 4.26. The van der Waals surface area contributed by atoms with E-state index in [-0.39, 0.29) is 11.8 Å². The maximum Gasteiger partial charge on any atom is 0.405 e. The van der Waals surface area contributed by atoms with E-state index in [0.717, 1.165) is 47.4 Å². The van der Waals surface area contributed by atoms with Gasteiger partial charge < -0.3 is 24.7 Å². The number of nitrogens with two attached hydrogens (primary N) is 1. The van der Waals surface area contributed by atoms with Crippen LogP contribution in [0.3, 0.4) is 0 Å². The topological polar surface area (TPSA) is 117 Å². The van der Waals surface area contributed by atoms with Gasteiger partial charge in [0, 0.05) is 37.5 Å². The largest absolute Gasteiger partial charge is 0.494 e. The van der Waals surface area contributed by atoms with E-state index in [4.69, 9.17) is 20.2 Å². The lowest BCUT2D eigenvalue weighted by atomic mass is 9.87. The number of benzene rings is 1. The third-order valence-corrected chi connectivity index (χ3v) is 7.58. The summed E-state index contributed by atoms with van der Waals surface area (Å²) >= 11 is 0. The van der Waals surface area contributed by atoms with Crippen molar-refractivity contribution in [2.45, 2.75) is 52.1 Å². The summed E-state index contributed by atoms with van der Waals surface area (Å²) in [5.41, 5.74) is 9.70. The molecule has 2 amide bonds. The molecule has 1 aromatic carbocycles. The number of primary amides is 1. The first kappa shape index (κ1) is 26.5. The number of hydrogen-bond donors (Lipinski definition) is 1. The summed E-state index contributed by atoms with van der Waals surface area (Å²) in [6, 6.07) is 9.71. The Labute approximate surface area is 227 Å². The quantitative estimate of drug-likeness (QED) is 0.373. The average Bonchev–Trinajstić information content (AvgIpc) is 3.43. The number of likely N-dealkylation sites (tertiary alicyclic amines) is 1. The number of aromatic nitrogens is 4. The minimum Gasteiger partial charge on any atom is -0.494 e. The second-order valence-electron chi connectivity index (χ2n) is 10.9. The molecule has 0 bridgehead atoms. The Balaban J connectivity index is 1.47. The molecule has 3 aromatic heterocycles. The summed E-state index contributed by atoms with van der Waals surface area (Å²) in [4.78, 5) is 31.9. The van der Waals surface area contributed by atoms with E-state index in [2.05, 4.69) is 18.1 Å². The van der Waals surface area contributed by atoms with Crippen LogP contribution in [0, 0.1) is 5.92 Å². The molecule has 10 heteroatoms. The van der Waals surface area contributed by atoms with Gasteiger partial charge in [0.2, 0.25) is 0 Å². The molecule has 1 atom stereocenters. The van der Waals surface area contributed by atoms with Gasteiger partial charge in [0.15, 0.2) is 0 Å². The first-order valence-corrected chi connectivity index (χ1v) is 13.4. The highest BCUT2D eigenvalue weighted by Gasteiger charge is 2.32. The first-order chi connectivity index (χ1) is 18.6. The van der Waals surface area contributed by atoms with Crippen molar-refractivity contribution in [2.24, 2.45) is 18.7 Å². The molecular weight excluding hydrogens is 496 g/mol. The Morgan fingerprint density at radius 1 is 1.23 bits per heavy atom. The summed E-state index contributed by atoms with van der Waals surface area (Å²) in [5, 5.41) is 4.52. The number of amides is 2. The molecule has 1 aliphatic heterocycles. The van der Waals surface area contributed by atoms with Crippen molar-refractivity contribution >= 4 is 28.6 Å². The van der Waals surface area contributed by atoms with Crippen molar-refractivity contribution in [2.75, 3.05) is 20.2 Å². The van der Waals surface area contributed by atoms with E-state index in [1.165, 1.54) is 0 Å². The number of rotatable bonds is 7. The normalized spacial score (nSPS) is 16.1. The molecule has 1 saturated heterocycles. The second kappa shape index (κ2) is 10.2. The molecular formula is C29H36N6O4. The molecule has 0 saturated carbocycles. The predicted octanol–water partition coefficient (Wildman–Crippen LogP) is 4.58. The van der Waals surface area contributed by atoms with Crippen LogP contribution in [0.4, 0.5) is 4.79 Å². The summed E-state index contributed by atoms with van der Waals surface area (Å²) in [6.45, 7) is 7.06. The number of ether oxygens (including phenoxy) is 2. The van der Waals surface area contributed by atoms with E-state index in [1.54, 1.807) is 19.4 Å². The van der Waals surface area contributed by atoms with Crippen molar-refractivity contribution < 1.29 is 19.1 Å². The maximum atomic E-state index is 13.7. The predicted molar refractivity (Wildman–Crippen MR) is 149 cm³/mol. The number of nitrogens with zero attached hydrogens (tertiary/aromatic N) is 5. The van der Waals surface area contributed by atoms with E-state index in [0.29, 0.717) is 36.3 Å². The van der Waals surface area contributed by atoms with Gasteiger partial charge in [-0.25, -0.2) is 14.3 Å². The van der Waals surface area contributed by atoms with Crippen LogP contribution in [0.5, 0.6) is 5.75 Å². The molecule has 1 aliphatic rings. The minimum absolute atomic E-state index is 0.0613. The SMILES string of the molecule is CCc1c(-c2nc3cc(C(=O)N4CCC[C@H](CC(C)(C)OC(N)=O)C4)cc(OC)c3n2C)cc2cccnn12. The van der Waals surface area contributed by atoms with Gasteiger partial charge in [-0.2, -0.15) is 5.10 Å². The molecule has 0 unspecified atom stereocenters. The fraction of sp³-hybridized carbons (Fsp3) is 0.448. The number of methoxy groups -OCH3 is 1. The zero-order chi connectivity index (χ0) is 27.9. The van der Waals surface area contributed by atoms with Gasteiger partial charge in [0.1, 0.15) is 22.7 Å². The lowest BCUT2D eigenvalue weighted by Gasteiger charge is -2.36. The molecule has 4 aromatic rings. The van der Waals surface area contributed by atoms with Crippen LogP contribution in [-0.2, 0) is 18.2 Å². The molecule has 0 spiro atoms. The van der Waals surface area contributed by atoms with E-state index >= 15 is 0 Å². The van der Waals surface area contributed by atoms with Crippen molar-refractivity contribution in [3.63, 3.8) is 0 Å². The lowest BCUT2D eigenvalue weighted by molar-refractivity contribution is 0.0143.